The highest BCUT2D eigenvalue weighted by Gasteiger charge is 2.31. The molecule has 0 aromatic heterocycles. The summed E-state index contributed by atoms with van der Waals surface area (Å²) in [5, 5.41) is 0. The van der Waals surface area contributed by atoms with E-state index < -0.39 is 18.6 Å². The van der Waals surface area contributed by atoms with Crippen LogP contribution in [0.3, 0.4) is 0 Å². The Morgan fingerprint density at radius 3 is 2.50 bits per heavy atom. The molecule has 16 heavy (non-hydrogen) atoms. The molecule has 0 spiro atoms. The molecule has 0 unspecified atom stereocenters. The zero-order valence-corrected chi connectivity index (χ0v) is 9.01. The van der Waals surface area contributed by atoms with E-state index in [0.29, 0.717) is 4.90 Å². The second kappa shape index (κ2) is 4.55. The number of carbonyl (C=O) groups excluding carboxylic acids is 1. The zero-order chi connectivity index (χ0) is 12.3. The third-order valence-corrected chi connectivity index (χ3v) is 2.03. The van der Waals surface area contributed by atoms with Gasteiger partial charge in [0.05, 0.1) is 0 Å². The Labute approximate surface area is 91.7 Å². The molecule has 0 aliphatic rings. The minimum Gasteiger partial charge on any atom is -0.333 e. The van der Waals surface area contributed by atoms with Crippen LogP contribution in [0.2, 0.25) is 0 Å². The lowest BCUT2D eigenvalue weighted by Crippen LogP contribution is -2.35. The SMILES string of the molecule is Cc1cccc(C(=O)N(C)CC(F)(F)F)c1. The van der Waals surface area contributed by atoms with Crippen molar-refractivity contribution in [2.24, 2.45) is 0 Å². The molecular weight excluding hydrogens is 219 g/mol. The number of alkyl halides is 3. The van der Waals surface area contributed by atoms with Gasteiger partial charge in [0.1, 0.15) is 6.54 Å². The number of nitrogens with zero attached hydrogens (tertiary/aromatic N) is 1. The number of hydrogen-bond acceptors (Lipinski definition) is 1. The smallest absolute Gasteiger partial charge is 0.333 e. The molecule has 0 radical (unpaired) electrons. The maximum Gasteiger partial charge on any atom is 0.406 e. The maximum absolute atomic E-state index is 12.1. The molecule has 1 rings (SSSR count). The Morgan fingerprint density at radius 1 is 1.38 bits per heavy atom. The van der Waals surface area contributed by atoms with Crippen LogP contribution in [0.1, 0.15) is 15.9 Å². The van der Waals surface area contributed by atoms with Gasteiger partial charge in [0, 0.05) is 12.6 Å². The molecule has 0 aliphatic heterocycles. The lowest BCUT2D eigenvalue weighted by atomic mass is 10.1. The molecule has 0 saturated carbocycles. The van der Waals surface area contributed by atoms with E-state index in [1.165, 1.54) is 6.07 Å². The fourth-order valence-corrected chi connectivity index (χ4v) is 1.34. The maximum atomic E-state index is 12.1. The largest absolute Gasteiger partial charge is 0.406 e. The molecule has 0 bridgehead atoms. The topological polar surface area (TPSA) is 20.3 Å². The summed E-state index contributed by atoms with van der Waals surface area (Å²) in [5.74, 6) is -0.624. The summed E-state index contributed by atoms with van der Waals surface area (Å²) in [6.45, 7) is 0.542. The summed E-state index contributed by atoms with van der Waals surface area (Å²) in [4.78, 5) is 12.3. The summed E-state index contributed by atoms with van der Waals surface area (Å²) < 4.78 is 36.2. The third-order valence-electron chi connectivity index (χ3n) is 2.03. The molecule has 0 heterocycles. The zero-order valence-electron chi connectivity index (χ0n) is 9.01. The fourth-order valence-electron chi connectivity index (χ4n) is 1.34. The summed E-state index contributed by atoms with van der Waals surface area (Å²) in [6, 6.07) is 6.49. The van der Waals surface area contributed by atoms with Gasteiger partial charge in [-0.1, -0.05) is 17.7 Å². The van der Waals surface area contributed by atoms with Crippen molar-refractivity contribution in [2.45, 2.75) is 13.1 Å². The molecule has 0 saturated heterocycles. The first-order valence-electron chi connectivity index (χ1n) is 4.68. The molecule has 1 aromatic carbocycles. The van der Waals surface area contributed by atoms with Gasteiger partial charge in [-0.3, -0.25) is 4.79 Å². The van der Waals surface area contributed by atoms with Gasteiger partial charge in [0.15, 0.2) is 0 Å². The molecule has 0 atom stereocenters. The van der Waals surface area contributed by atoms with Gasteiger partial charge in [-0.15, -0.1) is 0 Å². The number of benzene rings is 1. The molecule has 5 heteroatoms. The van der Waals surface area contributed by atoms with Crippen molar-refractivity contribution in [2.75, 3.05) is 13.6 Å². The number of aryl methyl sites for hydroxylation is 1. The molecule has 0 N–H and O–H groups in total. The van der Waals surface area contributed by atoms with Gasteiger partial charge >= 0.3 is 6.18 Å². The van der Waals surface area contributed by atoms with Crippen molar-refractivity contribution in [1.29, 1.82) is 0 Å². The minimum atomic E-state index is -4.37. The van der Waals surface area contributed by atoms with Crippen LogP contribution in [0, 0.1) is 6.92 Å². The fraction of sp³-hybridized carbons (Fsp3) is 0.364. The van der Waals surface area contributed by atoms with E-state index in [9.17, 15) is 18.0 Å². The van der Waals surface area contributed by atoms with Crippen molar-refractivity contribution in [3.05, 3.63) is 35.4 Å². The van der Waals surface area contributed by atoms with Crippen molar-refractivity contribution < 1.29 is 18.0 Å². The first kappa shape index (κ1) is 12.5. The summed E-state index contributed by atoms with van der Waals surface area (Å²) in [6.07, 6.45) is -4.37. The molecule has 0 fully saturated rings. The van der Waals surface area contributed by atoms with E-state index in [1.54, 1.807) is 25.1 Å². The van der Waals surface area contributed by atoms with Crippen LogP contribution < -0.4 is 0 Å². The molecule has 1 amide bonds. The van der Waals surface area contributed by atoms with Gasteiger partial charge < -0.3 is 4.90 Å². The van der Waals surface area contributed by atoms with Gasteiger partial charge in [0.2, 0.25) is 0 Å². The number of hydrogen-bond donors (Lipinski definition) is 0. The Bertz CT molecular complexity index is 387. The third kappa shape index (κ3) is 3.56. The number of carbonyl (C=O) groups is 1. The van der Waals surface area contributed by atoms with Crippen LogP contribution in [0.4, 0.5) is 13.2 Å². The van der Waals surface area contributed by atoms with Gasteiger partial charge in [-0.05, 0) is 19.1 Å². The number of halogens is 3. The van der Waals surface area contributed by atoms with Gasteiger partial charge in [-0.2, -0.15) is 13.2 Å². The quantitative estimate of drug-likeness (QED) is 0.766. The highest BCUT2D eigenvalue weighted by atomic mass is 19.4. The van der Waals surface area contributed by atoms with Gasteiger partial charge in [-0.25, -0.2) is 0 Å². The van der Waals surface area contributed by atoms with Crippen molar-refractivity contribution in [3.8, 4) is 0 Å². The Hall–Kier alpha value is -1.52. The summed E-state index contributed by atoms with van der Waals surface area (Å²) in [5.41, 5.74) is 1.11. The van der Waals surface area contributed by atoms with E-state index >= 15 is 0 Å². The second-order valence-corrected chi connectivity index (χ2v) is 3.65. The van der Waals surface area contributed by atoms with Crippen LogP contribution in [-0.2, 0) is 0 Å². The van der Waals surface area contributed by atoms with E-state index in [1.807, 2.05) is 0 Å². The molecule has 1 aromatic rings. The van der Waals surface area contributed by atoms with Crippen LogP contribution in [-0.4, -0.2) is 30.6 Å². The van der Waals surface area contributed by atoms with E-state index in [-0.39, 0.29) is 5.56 Å². The highest BCUT2D eigenvalue weighted by molar-refractivity contribution is 5.94. The van der Waals surface area contributed by atoms with Crippen molar-refractivity contribution >= 4 is 5.91 Å². The number of rotatable bonds is 2. The Morgan fingerprint density at radius 2 is 2.00 bits per heavy atom. The summed E-state index contributed by atoms with van der Waals surface area (Å²) in [7, 11) is 1.14. The van der Waals surface area contributed by atoms with Crippen LogP contribution in [0.25, 0.3) is 0 Å². The first-order valence-corrected chi connectivity index (χ1v) is 4.68. The molecule has 2 nitrogen and oxygen atoms in total. The second-order valence-electron chi connectivity index (χ2n) is 3.65. The number of amides is 1. The first-order chi connectivity index (χ1) is 7.29. The Kier molecular flexibility index (Phi) is 3.57. The standard InChI is InChI=1S/C11H12F3NO/c1-8-4-3-5-9(6-8)10(16)15(2)7-11(12,13)14/h3-6H,7H2,1-2H3. The highest BCUT2D eigenvalue weighted by Crippen LogP contribution is 2.17. The average molecular weight is 231 g/mol. The van der Waals surface area contributed by atoms with E-state index in [4.69, 9.17) is 0 Å². The lowest BCUT2D eigenvalue weighted by molar-refractivity contribution is -0.138. The molecule has 88 valence electrons. The molecular formula is C11H12F3NO. The van der Waals surface area contributed by atoms with Crippen LogP contribution >= 0.6 is 0 Å². The predicted molar refractivity (Wildman–Crippen MR) is 54.2 cm³/mol. The average Bonchev–Trinajstić information content (AvgIpc) is 2.14. The minimum absolute atomic E-state index is 0.270. The van der Waals surface area contributed by atoms with Gasteiger partial charge in [0.25, 0.3) is 5.91 Å². The lowest BCUT2D eigenvalue weighted by Gasteiger charge is -2.19. The van der Waals surface area contributed by atoms with Crippen molar-refractivity contribution in [3.63, 3.8) is 0 Å². The predicted octanol–water partition coefficient (Wildman–Crippen LogP) is 2.63. The van der Waals surface area contributed by atoms with E-state index in [0.717, 1.165) is 12.6 Å². The normalized spacial score (nSPS) is 11.3. The van der Waals surface area contributed by atoms with Crippen LogP contribution in [0.5, 0.6) is 0 Å². The van der Waals surface area contributed by atoms with Crippen molar-refractivity contribution in [1.82, 2.24) is 4.90 Å². The Balaban J connectivity index is 2.78. The van der Waals surface area contributed by atoms with Crippen LogP contribution in [0.15, 0.2) is 24.3 Å². The molecule has 0 aliphatic carbocycles. The van der Waals surface area contributed by atoms with E-state index in [2.05, 4.69) is 0 Å². The monoisotopic (exact) mass is 231 g/mol. The summed E-state index contributed by atoms with van der Waals surface area (Å²) >= 11 is 0.